The van der Waals surface area contributed by atoms with Gasteiger partial charge >= 0.3 is 0 Å². The lowest BCUT2D eigenvalue weighted by molar-refractivity contribution is 0.0615. The Morgan fingerprint density at radius 3 is 2.32 bits per heavy atom. The fraction of sp³-hybridized carbons (Fsp3) is 0.444. The van der Waals surface area contributed by atoms with E-state index in [1.807, 2.05) is 41.3 Å². The molecule has 1 amide bonds. The standard InChI is InChI=1S/C27H35N5O2/c1-5-31(20(2)3)18-22-8-12-24(13-9-22)27(33)32-16-14-30(15-17-32)19-25-28-26(29-34-25)23-10-6-21(4)7-11-23/h6-13,20H,5,14-19H2,1-4H3. The van der Waals surface area contributed by atoms with Crippen molar-refractivity contribution < 1.29 is 9.32 Å². The van der Waals surface area contributed by atoms with Gasteiger partial charge in [0.15, 0.2) is 0 Å². The summed E-state index contributed by atoms with van der Waals surface area (Å²) in [6, 6.07) is 16.7. The van der Waals surface area contributed by atoms with Gasteiger partial charge in [-0.1, -0.05) is 54.0 Å². The van der Waals surface area contributed by atoms with Crippen LogP contribution in [0.2, 0.25) is 0 Å². The minimum absolute atomic E-state index is 0.0989. The van der Waals surface area contributed by atoms with Gasteiger partial charge in [0, 0.05) is 49.9 Å². The molecule has 4 rings (SSSR count). The first kappa shape index (κ1) is 24.1. The van der Waals surface area contributed by atoms with E-state index in [0.29, 0.717) is 37.4 Å². The first-order valence-electron chi connectivity index (χ1n) is 12.2. The predicted octanol–water partition coefficient (Wildman–Crippen LogP) is 4.23. The van der Waals surface area contributed by atoms with Crippen LogP contribution in [0, 0.1) is 6.92 Å². The molecule has 0 saturated carbocycles. The van der Waals surface area contributed by atoms with Gasteiger partial charge in [-0.25, -0.2) is 0 Å². The number of benzene rings is 2. The van der Waals surface area contributed by atoms with Crippen molar-refractivity contribution in [2.75, 3.05) is 32.7 Å². The molecule has 1 saturated heterocycles. The number of aryl methyl sites for hydroxylation is 1. The maximum atomic E-state index is 13.0. The molecular formula is C27H35N5O2. The SMILES string of the molecule is CCN(Cc1ccc(C(=O)N2CCN(Cc3nc(-c4ccc(C)cc4)no3)CC2)cc1)C(C)C. The molecule has 1 aliphatic heterocycles. The Morgan fingerprint density at radius 1 is 1.03 bits per heavy atom. The summed E-state index contributed by atoms with van der Waals surface area (Å²) in [7, 11) is 0. The lowest BCUT2D eigenvalue weighted by Gasteiger charge is -2.34. The zero-order chi connectivity index (χ0) is 24.1. The smallest absolute Gasteiger partial charge is 0.253 e. The summed E-state index contributed by atoms with van der Waals surface area (Å²) in [5.41, 5.74) is 4.14. The first-order valence-corrected chi connectivity index (χ1v) is 12.2. The van der Waals surface area contributed by atoms with Crippen LogP contribution in [0.5, 0.6) is 0 Å². The van der Waals surface area contributed by atoms with E-state index >= 15 is 0 Å². The van der Waals surface area contributed by atoms with Gasteiger partial charge in [-0.3, -0.25) is 14.6 Å². The fourth-order valence-electron chi connectivity index (χ4n) is 4.27. The number of hydrogen-bond donors (Lipinski definition) is 0. The molecule has 1 fully saturated rings. The number of piperazine rings is 1. The van der Waals surface area contributed by atoms with Crippen LogP contribution < -0.4 is 0 Å². The van der Waals surface area contributed by atoms with E-state index in [-0.39, 0.29) is 5.91 Å². The zero-order valence-corrected chi connectivity index (χ0v) is 20.7. The number of rotatable bonds is 8. The van der Waals surface area contributed by atoms with E-state index in [0.717, 1.165) is 37.3 Å². The Labute approximate surface area is 202 Å². The number of nitrogens with zero attached hydrogens (tertiary/aromatic N) is 5. The molecule has 3 aromatic rings. The highest BCUT2D eigenvalue weighted by molar-refractivity contribution is 5.94. The van der Waals surface area contributed by atoms with Crippen LogP contribution in [-0.2, 0) is 13.1 Å². The summed E-state index contributed by atoms with van der Waals surface area (Å²) in [5, 5.41) is 4.12. The molecule has 180 valence electrons. The highest BCUT2D eigenvalue weighted by Gasteiger charge is 2.23. The lowest BCUT2D eigenvalue weighted by atomic mass is 10.1. The third-order valence-corrected chi connectivity index (χ3v) is 6.52. The number of aromatic nitrogens is 2. The van der Waals surface area contributed by atoms with Crippen LogP contribution in [0.25, 0.3) is 11.4 Å². The highest BCUT2D eigenvalue weighted by atomic mass is 16.5. The lowest BCUT2D eigenvalue weighted by Crippen LogP contribution is -2.48. The molecule has 0 spiro atoms. The van der Waals surface area contributed by atoms with Crippen molar-refractivity contribution >= 4 is 5.91 Å². The van der Waals surface area contributed by atoms with Gasteiger partial charge in [-0.05, 0) is 45.0 Å². The van der Waals surface area contributed by atoms with Crippen LogP contribution in [0.3, 0.4) is 0 Å². The van der Waals surface area contributed by atoms with Gasteiger partial charge in [0.25, 0.3) is 5.91 Å². The molecule has 2 aromatic carbocycles. The molecule has 1 aliphatic rings. The normalized spacial score (nSPS) is 14.8. The molecule has 0 unspecified atom stereocenters. The minimum Gasteiger partial charge on any atom is -0.338 e. The largest absolute Gasteiger partial charge is 0.338 e. The van der Waals surface area contributed by atoms with Gasteiger partial charge < -0.3 is 9.42 Å². The second-order valence-electron chi connectivity index (χ2n) is 9.30. The third kappa shape index (κ3) is 5.90. The monoisotopic (exact) mass is 461 g/mol. The Kier molecular flexibility index (Phi) is 7.75. The third-order valence-electron chi connectivity index (χ3n) is 6.52. The Hall–Kier alpha value is -3.03. The fourth-order valence-corrected chi connectivity index (χ4v) is 4.27. The average molecular weight is 462 g/mol. The molecule has 7 nitrogen and oxygen atoms in total. The van der Waals surface area contributed by atoms with E-state index in [4.69, 9.17) is 4.52 Å². The Morgan fingerprint density at radius 2 is 1.71 bits per heavy atom. The molecule has 0 aliphatic carbocycles. The minimum atomic E-state index is 0.0989. The van der Waals surface area contributed by atoms with E-state index in [9.17, 15) is 4.79 Å². The summed E-state index contributed by atoms with van der Waals surface area (Å²) in [6.07, 6.45) is 0. The Balaban J connectivity index is 1.28. The molecule has 34 heavy (non-hydrogen) atoms. The van der Waals surface area contributed by atoms with Crippen molar-refractivity contribution in [3.8, 4) is 11.4 Å². The van der Waals surface area contributed by atoms with Crippen LogP contribution in [0.1, 0.15) is 48.1 Å². The molecule has 7 heteroatoms. The quantitative estimate of drug-likeness (QED) is 0.500. The van der Waals surface area contributed by atoms with Crippen molar-refractivity contribution in [2.45, 2.75) is 46.8 Å². The molecular weight excluding hydrogens is 426 g/mol. The van der Waals surface area contributed by atoms with Gasteiger partial charge in [-0.15, -0.1) is 0 Å². The summed E-state index contributed by atoms with van der Waals surface area (Å²) in [5.74, 6) is 1.32. The predicted molar refractivity (Wildman–Crippen MR) is 133 cm³/mol. The maximum Gasteiger partial charge on any atom is 0.253 e. The van der Waals surface area contributed by atoms with Crippen molar-refractivity contribution in [2.24, 2.45) is 0 Å². The topological polar surface area (TPSA) is 65.7 Å². The van der Waals surface area contributed by atoms with Crippen LogP contribution in [0.15, 0.2) is 53.1 Å². The molecule has 0 radical (unpaired) electrons. The average Bonchev–Trinajstić information content (AvgIpc) is 3.31. The second kappa shape index (κ2) is 10.9. The number of hydrogen-bond acceptors (Lipinski definition) is 6. The highest BCUT2D eigenvalue weighted by Crippen LogP contribution is 2.18. The van der Waals surface area contributed by atoms with Gasteiger partial charge in [0.1, 0.15) is 0 Å². The second-order valence-corrected chi connectivity index (χ2v) is 9.30. The van der Waals surface area contributed by atoms with E-state index in [1.54, 1.807) is 0 Å². The van der Waals surface area contributed by atoms with Crippen LogP contribution in [-0.4, -0.2) is 69.5 Å². The summed E-state index contributed by atoms with van der Waals surface area (Å²) in [6.45, 7) is 14.1. The molecule has 0 N–H and O–H groups in total. The molecule has 0 bridgehead atoms. The van der Waals surface area contributed by atoms with E-state index in [1.165, 1.54) is 11.1 Å². The molecule has 1 aromatic heterocycles. The van der Waals surface area contributed by atoms with Crippen LogP contribution in [0.4, 0.5) is 0 Å². The van der Waals surface area contributed by atoms with Crippen molar-refractivity contribution in [3.63, 3.8) is 0 Å². The van der Waals surface area contributed by atoms with Crippen LogP contribution >= 0.6 is 0 Å². The van der Waals surface area contributed by atoms with Gasteiger partial charge in [0.05, 0.1) is 6.54 Å². The maximum absolute atomic E-state index is 13.0. The van der Waals surface area contributed by atoms with Gasteiger partial charge in [-0.2, -0.15) is 4.98 Å². The van der Waals surface area contributed by atoms with E-state index in [2.05, 4.69) is 59.8 Å². The molecule has 2 heterocycles. The zero-order valence-electron chi connectivity index (χ0n) is 20.7. The van der Waals surface area contributed by atoms with Crippen molar-refractivity contribution in [1.29, 1.82) is 0 Å². The number of carbonyl (C=O) groups is 1. The number of amides is 1. The Bertz CT molecular complexity index is 1070. The van der Waals surface area contributed by atoms with Gasteiger partial charge in [0.2, 0.25) is 11.7 Å². The first-order chi connectivity index (χ1) is 16.4. The van der Waals surface area contributed by atoms with Crippen molar-refractivity contribution in [1.82, 2.24) is 24.8 Å². The van der Waals surface area contributed by atoms with Crippen molar-refractivity contribution in [3.05, 3.63) is 71.1 Å². The van der Waals surface area contributed by atoms with E-state index < -0.39 is 0 Å². The molecule has 0 atom stereocenters. The number of carbonyl (C=O) groups excluding carboxylic acids is 1. The summed E-state index contributed by atoms with van der Waals surface area (Å²) >= 11 is 0. The summed E-state index contributed by atoms with van der Waals surface area (Å²) in [4.78, 5) is 24.1. The summed E-state index contributed by atoms with van der Waals surface area (Å²) < 4.78 is 5.47.